The Morgan fingerprint density at radius 1 is 1.33 bits per heavy atom. The Hall–Kier alpha value is -1.33. The van der Waals surface area contributed by atoms with Crippen molar-refractivity contribution in [3.8, 4) is 0 Å². The van der Waals surface area contributed by atoms with Gasteiger partial charge in [-0.1, -0.05) is 23.2 Å². The number of halogens is 2. The number of nitrogens with zero attached hydrogens (tertiary/aromatic N) is 1. The monoisotopic (exact) mass is 289 g/mol. The van der Waals surface area contributed by atoms with Gasteiger partial charge in [0.2, 0.25) is 5.91 Å². The van der Waals surface area contributed by atoms with Gasteiger partial charge in [0.15, 0.2) is 0 Å². The maximum Gasteiger partial charge on any atom is 0.252 e. The Morgan fingerprint density at radius 3 is 2.67 bits per heavy atom. The average Bonchev–Trinajstić information content (AvgIpc) is 2.33. The highest BCUT2D eigenvalue weighted by molar-refractivity contribution is 6.41. The second kappa shape index (κ2) is 7.18. The number of amides is 2. The molecule has 98 valence electrons. The molecule has 1 aromatic rings. The van der Waals surface area contributed by atoms with Crippen LogP contribution >= 0.6 is 23.2 Å². The molecule has 7 heteroatoms. The zero-order valence-corrected chi connectivity index (χ0v) is 11.3. The van der Waals surface area contributed by atoms with Crippen molar-refractivity contribution in [1.29, 1.82) is 0 Å². The zero-order chi connectivity index (χ0) is 13.5. The molecule has 0 bridgehead atoms. The standard InChI is InChI=1S/C11H13Cl2N3O2/c1-2-14-9(17)3-4-15-11(18)7-5-8(12)10(13)16-6-7/h5-6H,2-4H2,1H3,(H,14,17)(H,15,18). The number of rotatable bonds is 5. The van der Waals surface area contributed by atoms with E-state index in [1.54, 1.807) is 0 Å². The van der Waals surface area contributed by atoms with Gasteiger partial charge in [0.05, 0.1) is 10.6 Å². The summed E-state index contributed by atoms with van der Waals surface area (Å²) in [5, 5.41) is 5.59. The van der Waals surface area contributed by atoms with Gasteiger partial charge >= 0.3 is 0 Å². The molecule has 0 spiro atoms. The van der Waals surface area contributed by atoms with E-state index < -0.39 is 0 Å². The van der Waals surface area contributed by atoms with Gasteiger partial charge in [-0.3, -0.25) is 9.59 Å². The summed E-state index contributed by atoms with van der Waals surface area (Å²) in [5.74, 6) is -0.449. The summed E-state index contributed by atoms with van der Waals surface area (Å²) < 4.78 is 0. The lowest BCUT2D eigenvalue weighted by molar-refractivity contribution is -0.120. The van der Waals surface area contributed by atoms with Crippen molar-refractivity contribution in [2.24, 2.45) is 0 Å². The van der Waals surface area contributed by atoms with Crippen LogP contribution in [-0.4, -0.2) is 29.9 Å². The molecule has 18 heavy (non-hydrogen) atoms. The largest absolute Gasteiger partial charge is 0.356 e. The molecule has 1 heterocycles. The molecule has 1 aromatic heterocycles. The van der Waals surface area contributed by atoms with Crippen LogP contribution in [-0.2, 0) is 4.79 Å². The minimum Gasteiger partial charge on any atom is -0.356 e. The first-order valence-corrected chi connectivity index (χ1v) is 6.16. The summed E-state index contributed by atoms with van der Waals surface area (Å²) in [6.45, 7) is 2.66. The normalized spacial score (nSPS) is 9.94. The number of aromatic nitrogens is 1. The summed E-state index contributed by atoms with van der Waals surface area (Å²) in [7, 11) is 0. The van der Waals surface area contributed by atoms with Gasteiger partial charge in [-0.15, -0.1) is 0 Å². The van der Waals surface area contributed by atoms with Crippen molar-refractivity contribution in [1.82, 2.24) is 15.6 Å². The van der Waals surface area contributed by atoms with E-state index in [-0.39, 0.29) is 35.0 Å². The molecule has 2 amide bonds. The second-order valence-corrected chi connectivity index (χ2v) is 4.22. The molecule has 0 radical (unpaired) electrons. The van der Waals surface area contributed by atoms with Gasteiger partial charge in [0.1, 0.15) is 5.15 Å². The quantitative estimate of drug-likeness (QED) is 0.810. The molecule has 0 atom stereocenters. The van der Waals surface area contributed by atoms with Crippen molar-refractivity contribution >= 4 is 35.0 Å². The number of nitrogens with one attached hydrogen (secondary N) is 2. The molecular weight excluding hydrogens is 277 g/mol. The molecule has 0 unspecified atom stereocenters. The molecule has 0 aliphatic carbocycles. The smallest absolute Gasteiger partial charge is 0.252 e. The summed E-state index contributed by atoms with van der Waals surface area (Å²) in [6, 6.07) is 1.43. The van der Waals surface area contributed by atoms with Gasteiger partial charge in [-0.2, -0.15) is 0 Å². The molecule has 0 aliphatic heterocycles. The van der Waals surface area contributed by atoms with E-state index in [2.05, 4.69) is 15.6 Å². The van der Waals surface area contributed by atoms with E-state index in [9.17, 15) is 9.59 Å². The Labute approximate surface area is 115 Å². The summed E-state index contributed by atoms with van der Waals surface area (Å²) in [4.78, 5) is 26.6. The van der Waals surface area contributed by atoms with Crippen molar-refractivity contribution in [3.63, 3.8) is 0 Å². The van der Waals surface area contributed by atoms with Gasteiger partial charge in [0, 0.05) is 25.7 Å². The molecular formula is C11H13Cl2N3O2. The minimum absolute atomic E-state index is 0.106. The van der Waals surface area contributed by atoms with Gasteiger partial charge in [-0.25, -0.2) is 4.98 Å². The predicted molar refractivity (Wildman–Crippen MR) is 69.9 cm³/mol. The highest BCUT2D eigenvalue weighted by atomic mass is 35.5. The fourth-order valence-corrected chi connectivity index (χ4v) is 1.49. The van der Waals surface area contributed by atoms with Crippen LogP contribution in [0.3, 0.4) is 0 Å². The second-order valence-electron chi connectivity index (χ2n) is 3.46. The van der Waals surface area contributed by atoms with Crippen LogP contribution in [0.1, 0.15) is 23.7 Å². The van der Waals surface area contributed by atoms with Gasteiger partial charge in [0.25, 0.3) is 5.91 Å². The number of hydrogen-bond acceptors (Lipinski definition) is 3. The van der Waals surface area contributed by atoms with Crippen LogP contribution in [0.25, 0.3) is 0 Å². The van der Waals surface area contributed by atoms with Crippen molar-refractivity contribution < 1.29 is 9.59 Å². The van der Waals surface area contributed by atoms with Crippen LogP contribution in [0.2, 0.25) is 10.2 Å². The van der Waals surface area contributed by atoms with E-state index >= 15 is 0 Å². The van der Waals surface area contributed by atoms with Crippen LogP contribution in [0.4, 0.5) is 0 Å². The van der Waals surface area contributed by atoms with E-state index in [1.807, 2.05) is 6.92 Å². The lowest BCUT2D eigenvalue weighted by atomic mass is 10.2. The molecule has 0 saturated heterocycles. The fourth-order valence-electron chi connectivity index (χ4n) is 1.22. The fraction of sp³-hybridized carbons (Fsp3) is 0.364. The van der Waals surface area contributed by atoms with E-state index in [1.165, 1.54) is 12.3 Å². The Bertz CT molecular complexity index is 452. The minimum atomic E-state index is -0.342. The number of carbonyl (C=O) groups is 2. The lowest BCUT2D eigenvalue weighted by Crippen LogP contribution is -2.30. The van der Waals surface area contributed by atoms with Gasteiger partial charge < -0.3 is 10.6 Å². The summed E-state index contributed by atoms with van der Waals surface area (Å²) >= 11 is 11.4. The third kappa shape index (κ3) is 4.50. The van der Waals surface area contributed by atoms with E-state index in [4.69, 9.17) is 23.2 Å². The molecule has 2 N–H and O–H groups in total. The predicted octanol–water partition coefficient (Wildman–Crippen LogP) is 1.64. The first-order chi connectivity index (χ1) is 8.54. The lowest BCUT2D eigenvalue weighted by Gasteiger charge is -2.05. The van der Waals surface area contributed by atoms with Crippen LogP contribution in [0.15, 0.2) is 12.3 Å². The Kier molecular flexibility index (Phi) is 5.88. The maximum atomic E-state index is 11.7. The summed E-state index contributed by atoms with van der Waals surface area (Å²) in [5.41, 5.74) is 0.306. The topological polar surface area (TPSA) is 71.1 Å². The molecule has 0 fully saturated rings. The van der Waals surface area contributed by atoms with Crippen molar-refractivity contribution in [2.45, 2.75) is 13.3 Å². The highest BCUT2D eigenvalue weighted by Gasteiger charge is 2.09. The van der Waals surface area contributed by atoms with Crippen LogP contribution < -0.4 is 10.6 Å². The molecule has 5 nitrogen and oxygen atoms in total. The average molecular weight is 290 g/mol. The first kappa shape index (κ1) is 14.7. The number of hydrogen-bond donors (Lipinski definition) is 2. The van der Waals surface area contributed by atoms with E-state index in [0.717, 1.165) is 0 Å². The Morgan fingerprint density at radius 2 is 2.06 bits per heavy atom. The Balaban J connectivity index is 2.45. The highest BCUT2D eigenvalue weighted by Crippen LogP contribution is 2.19. The molecule has 0 aromatic carbocycles. The first-order valence-electron chi connectivity index (χ1n) is 5.40. The van der Waals surface area contributed by atoms with Crippen molar-refractivity contribution in [2.75, 3.05) is 13.1 Å². The number of carbonyl (C=O) groups excluding carboxylic acids is 2. The molecule has 1 rings (SSSR count). The third-order valence-corrected chi connectivity index (χ3v) is 2.76. The summed E-state index contributed by atoms with van der Waals surface area (Å²) in [6.07, 6.45) is 1.56. The van der Waals surface area contributed by atoms with Crippen molar-refractivity contribution in [3.05, 3.63) is 28.0 Å². The van der Waals surface area contributed by atoms with Crippen LogP contribution in [0.5, 0.6) is 0 Å². The maximum absolute atomic E-state index is 11.7. The molecule has 0 aliphatic rings. The SMILES string of the molecule is CCNC(=O)CCNC(=O)c1cnc(Cl)c(Cl)c1. The van der Waals surface area contributed by atoms with Crippen LogP contribution in [0, 0.1) is 0 Å². The van der Waals surface area contributed by atoms with E-state index in [0.29, 0.717) is 12.1 Å². The number of pyridine rings is 1. The molecule has 0 saturated carbocycles. The third-order valence-electron chi connectivity index (χ3n) is 2.07. The zero-order valence-electron chi connectivity index (χ0n) is 9.80. The van der Waals surface area contributed by atoms with Gasteiger partial charge in [-0.05, 0) is 13.0 Å².